The first kappa shape index (κ1) is 18.3. The largest absolute Gasteiger partial charge is 0.477 e. The lowest BCUT2D eigenvalue weighted by atomic mass is 9.99. The molecule has 1 saturated carbocycles. The first-order valence-electron chi connectivity index (χ1n) is 10.3. The van der Waals surface area contributed by atoms with Crippen molar-refractivity contribution in [2.24, 2.45) is 7.05 Å². The highest BCUT2D eigenvalue weighted by Crippen LogP contribution is 2.51. The van der Waals surface area contributed by atoms with Gasteiger partial charge in [-0.1, -0.05) is 0 Å². The molecule has 8 nitrogen and oxygen atoms in total. The maximum atomic E-state index is 13.1. The lowest BCUT2D eigenvalue weighted by Crippen LogP contribution is -2.15. The smallest absolute Gasteiger partial charge is 0.388 e. The molecule has 0 spiro atoms. The number of H-pyrrole nitrogens is 1. The number of rotatable bonds is 5. The first-order valence-corrected chi connectivity index (χ1v) is 10.3. The number of pyridine rings is 1. The molecule has 1 aliphatic heterocycles. The molecule has 5 heterocycles. The average Bonchev–Trinajstić information content (AvgIpc) is 3.29. The van der Waals surface area contributed by atoms with Gasteiger partial charge in [0.2, 0.25) is 11.8 Å². The van der Waals surface area contributed by atoms with Gasteiger partial charge in [0.25, 0.3) is 0 Å². The first-order chi connectivity index (χ1) is 15.1. The van der Waals surface area contributed by atoms with E-state index < -0.39 is 6.61 Å². The number of hydrogen-bond acceptors (Lipinski definition) is 5. The minimum atomic E-state index is -2.98. The van der Waals surface area contributed by atoms with E-state index in [0.29, 0.717) is 35.2 Å². The van der Waals surface area contributed by atoms with Gasteiger partial charge < -0.3 is 14.5 Å². The van der Waals surface area contributed by atoms with E-state index in [1.807, 2.05) is 16.8 Å². The van der Waals surface area contributed by atoms with E-state index in [4.69, 9.17) is 14.6 Å². The molecular formula is C21H20F2N6O2. The number of aromatic amines is 1. The Balaban J connectivity index is 1.65. The molecule has 1 aliphatic carbocycles. The van der Waals surface area contributed by atoms with E-state index in [2.05, 4.69) is 15.1 Å². The number of aryl methyl sites for hydroxylation is 2. The van der Waals surface area contributed by atoms with E-state index in [1.165, 1.54) is 4.68 Å². The van der Waals surface area contributed by atoms with Crippen LogP contribution in [0.1, 0.15) is 30.9 Å². The highest BCUT2D eigenvalue weighted by molar-refractivity contribution is 6.04. The molecule has 4 aromatic rings. The molecule has 31 heavy (non-hydrogen) atoms. The zero-order chi connectivity index (χ0) is 21.1. The van der Waals surface area contributed by atoms with Gasteiger partial charge in [0.15, 0.2) is 0 Å². The van der Waals surface area contributed by atoms with Crippen LogP contribution >= 0.6 is 0 Å². The monoisotopic (exact) mass is 426 g/mol. The van der Waals surface area contributed by atoms with Crippen LogP contribution in [0.4, 0.5) is 8.78 Å². The molecule has 0 atom stereocenters. The van der Waals surface area contributed by atoms with Crippen molar-refractivity contribution in [3.8, 4) is 34.1 Å². The van der Waals surface area contributed by atoms with Crippen LogP contribution in [-0.2, 0) is 13.6 Å². The van der Waals surface area contributed by atoms with Gasteiger partial charge in [0, 0.05) is 49.3 Å². The van der Waals surface area contributed by atoms with Crippen LogP contribution in [0.2, 0.25) is 0 Å². The number of halogens is 2. The van der Waals surface area contributed by atoms with Crippen LogP contribution in [0.5, 0.6) is 11.8 Å². The summed E-state index contributed by atoms with van der Waals surface area (Å²) in [5.74, 6) is 0.953. The Kier molecular flexibility index (Phi) is 4.02. The van der Waals surface area contributed by atoms with Crippen LogP contribution in [0, 0.1) is 0 Å². The van der Waals surface area contributed by atoms with E-state index >= 15 is 0 Å². The predicted octanol–water partition coefficient (Wildman–Crippen LogP) is 4.09. The molecule has 0 aromatic carbocycles. The Morgan fingerprint density at radius 1 is 1.26 bits per heavy atom. The minimum absolute atomic E-state index is 0.126. The minimum Gasteiger partial charge on any atom is -0.477 e. The second kappa shape index (κ2) is 6.79. The van der Waals surface area contributed by atoms with Crippen LogP contribution < -0.4 is 9.47 Å². The van der Waals surface area contributed by atoms with E-state index in [9.17, 15) is 8.78 Å². The molecule has 1 N–H and O–H groups in total. The van der Waals surface area contributed by atoms with Crippen LogP contribution in [0.25, 0.3) is 33.4 Å². The summed E-state index contributed by atoms with van der Waals surface area (Å²) in [4.78, 5) is 7.86. The number of hydrogen-bond donors (Lipinski definition) is 1. The topological polar surface area (TPSA) is 82.8 Å². The molecule has 6 rings (SSSR count). The van der Waals surface area contributed by atoms with Crippen LogP contribution in [0.15, 0.2) is 24.5 Å². The average molecular weight is 426 g/mol. The third-order valence-electron chi connectivity index (χ3n) is 5.74. The second-order valence-electron chi connectivity index (χ2n) is 7.94. The zero-order valence-corrected chi connectivity index (χ0v) is 16.8. The molecule has 10 heteroatoms. The SMILES string of the molecule is Cn1cc(-c2c(-c3c(C4CC4)nn4c3OCCC4)[nH]c3ncccc23)c(OC(F)F)n1. The molecule has 2 aliphatic rings. The fourth-order valence-electron chi connectivity index (χ4n) is 4.32. The Morgan fingerprint density at radius 2 is 2.13 bits per heavy atom. The van der Waals surface area contributed by atoms with E-state index in [1.54, 1.807) is 19.4 Å². The van der Waals surface area contributed by atoms with Gasteiger partial charge in [-0.05, 0) is 25.0 Å². The maximum absolute atomic E-state index is 13.1. The van der Waals surface area contributed by atoms with Gasteiger partial charge in [0.05, 0.1) is 29.1 Å². The standard InChI is InChI=1S/C21H20F2N6O2/c1-28-10-13(19(27-28)31-21(22)23)14-12-4-2-7-24-18(12)25-17(14)15-16(11-5-6-11)26-29-8-3-9-30-20(15)29/h2,4,7,10-11,21H,3,5-6,8-9H2,1H3,(H,24,25). The number of ether oxygens (including phenoxy) is 2. The predicted molar refractivity (Wildman–Crippen MR) is 108 cm³/mol. The van der Waals surface area contributed by atoms with Crippen LogP contribution in [0.3, 0.4) is 0 Å². The third kappa shape index (κ3) is 2.96. The van der Waals surface area contributed by atoms with Crippen molar-refractivity contribution in [1.82, 2.24) is 29.5 Å². The molecular weight excluding hydrogens is 406 g/mol. The molecule has 0 radical (unpaired) electrons. The molecule has 0 saturated heterocycles. The fraction of sp³-hybridized carbons (Fsp3) is 0.381. The Hall–Kier alpha value is -3.43. The van der Waals surface area contributed by atoms with Crippen molar-refractivity contribution in [1.29, 1.82) is 0 Å². The van der Waals surface area contributed by atoms with Gasteiger partial charge in [-0.2, -0.15) is 13.9 Å². The van der Waals surface area contributed by atoms with Gasteiger partial charge in [0.1, 0.15) is 5.65 Å². The number of nitrogens with one attached hydrogen (secondary N) is 1. The molecule has 4 aromatic heterocycles. The number of nitrogens with zero attached hydrogens (tertiary/aromatic N) is 5. The second-order valence-corrected chi connectivity index (χ2v) is 7.94. The molecule has 160 valence electrons. The number of aromatic nitrogens is 6. The summed E-state index contributed by atoms with van der Waals surface area (Å²) in [7, 11) is 1.68. The summed E-state index contributed by atoms with van der Waals surface area (Å²) in [5.41, 5.74) is 4.42. The van der Waals surface area contributed by atoms with E-state index in [0.717, 1.165) is 48.1 Å². The summed E-state index contributed by atoms with van der Waals surface area (Å²) < 4.78 is 40.4. The summed E-state index contributed by atoms with van der Waals surface area (Å²) in [6.07, 6.45) is 6.42. The van der Waals surface area contributed by atoms with Crippen LogP contribution in [-0.4, -0.2) is 42.7 Å². The Bertz CT molecular complexity index is 1290. The molecule has 0 amide bonds. The lowest BCUT2D eigenvalue weighted by molar-refractivity contribution is -0.0527. The summed E-state index contributed by atoms with van der Waals surface area (Å²) in [6, 6.07) is 3.73. The number of alkyl halides is 2. The van der Waals surface area contributed by atoms with Crippen molar-refractivity contribution in [2.75, 3.05) is 6.61 Å². The summed E-state index contributed by atoms with van der Waals surface area (Å²) in [6.45, 7) is -1.58. The number of fused-ring (bicyclic) bond motifs is 2. The summed E-state index contributed by atoms with van der Waals surface area (Å²) in [5, 5.41) is 9.76. The quantitative estimate of drug-likeness (QED) is 0.520. The lowest BCUT2D eigenvalue weighted by Gasteiger charge is -2.16. The van der Waals surface area contributed by atoms with E-state index in [-0.39, 0.29) is 5.88 Å². The van der Waals surface area contributed by atoms with Crippen molar-refractivity contribution in [3.63, 3.8) is 0 Å². The third-order valence-corrected chi connectivity index (χ3v) is 5.74. The molecule has 0 unspecified atom stereocenters. The zero-order valence-electron chi connectivity index (χ0n) is 16.8. The maximum Gasteiger partial charge on any atom is 0.388 e. The summed E-state index contributed by atoms with van der Waals surface area (Å²) >= 11 is 0. The Morgan fingerprint density at radius 3 is 2.94 bits per heavy atom. The van der Waals surface area contributed by atoms with Crippen molar-refractivity contribution < 1.29 is 18.3 Å². The van der Waals surface area contributed by atoms with Gasteiger partial charge in [-0.15, -0.1) is 5.10 Å². The normalized spacial score (nSPS) is 16.0. The van der Waals surface area contributed by atoms with Crippen molar-refractivity contribution in [3.05, 3.63) is 30.2 Å². The molecule has 1 fully saturated rings. The van der Waals surface area contributed by atoms with Gasteiger partial charge >= 0.3 is 6.61 Å². The highest BCUT2D eigenvalue weighted by atomic mass is 19.3. The fourth-order valence-corrected chi connectivity index (χ4v) is 4.32. The highest BCUT2D eigenvalue weighted by Gasteiger charge is 2.36. The van der Waals surface area contributed by atoms with Crippen molar-refractivity contribution >= 4 is 11.0 Å². The Labute approximate surface area is 175 Å². The van der Waals surface area contributed by atoms with Gasteiger partial charge in [-0.3, -0.25) is 4.68 Å². The molecule has 0 bridgehead atoms. The van der Waals surface area contributed by atoms with Gasteiger partial charge in [-0.25, -0.2) is 9.67 Å². The van der Waals surface area contributed by atoms with Crippen molar-refractivity contribution in [2.45, 2.75) is 38.3 Å².